The average Bonchev–Trinajstić information content (AvgIpc) is 2.37. The number of nitrogens with zero attached hydrogens (tertiary/aromatic N) is 2. The smallest absolute Gasteiger partial charge is 0.339 e. The Morgan fingerprint density at radius 3 is 3.00 bits per heavy atom. The molecule has 0 aliphatic rings. The molecule has 1 heterocycles. The van der Waals surface area contributed by atoms with Crippen LogP contribution >= 0.6 is 10.8 Å². The van der Waals surface area contributed by atoms with E-state index in [9.17, 15) is 0 Å². The van der Waals surface area contributed by atoms with Crippen LogP contribution in [0.25, 0.3) is 0 Å². The van der Waals surface area contributed by atoms with Crippen LogP contribution in [0.15, 0.2) is 9.64 Å². The van der Waals surface area contributed by atoms with E-state index in [0.717, 1.165) is 6.42 Å². The number of hydrogen-bond acceptors (Lipinski definition) is 4. The molecular formula is C5H7N2OS2+. The minimum absolute atomic E-state index is 0.580. The van der Waals surface area contributed by atoms with Crippen molar-refractivity contribution >= 4 is 27.0 Å². The number of aromatic nitrogens is 2. The van der Waals surface area contributed by atoms with Gasteiger partial charge in [0.15, 0.2) is 5.87 Å². The van der Waals surface area contributed by atoms with Gasteiger partial charge in [-0.1, -0.05) is 12.0 Å². The molecule has 0 bridgehead atoms. The topological polar surface area (TPSA) is 38.9 Å². The Balaban J connectivity index is 2.67. The van der Waals surface area contributed by atoms with E-state index in [-0.39, 0.29) is 0 Å². The second-order valence-corrected chi connectivity index (χ2v) is 3.48. The van der Waals surface area contributed by atoms with E-state index >= 15 is 0 Å². The maximum Gasteiger partial charge on any atom is 0.339 e. The van der Waals surface area contributed by atoms with Crippen molar-refractivity contribution in [2.45, 2.75) is 18.6 Å². The van der Waals surface area contributed by atoms with Crippen LogP contribution in [0.5, 0.6) is 0 Å². The molecule has 0 amide bonds. The van der Waals surface area contributed by atoms with Crippen molar-refractivity contribution in [2.24, 2.45) is 0 Å². The Morgan fingerprint density at radius 2 is 2.50 bits per heavy atom. The summed E-state index contributed by atoms with van der Waals surface area (Å²) in [4.78, 5) is 0. The lowest BCUT2D eigenvalue weighted by Gasteiger charge is -1.77. The highest BCUT2D eigenvalue weighted by molar-refractivity contribution is 8.64. The molecule has 0 aromatic carbocycles. The third-order valence-electron chi connectivity index (χ3n) is 0.881. The lowest BCUT2D eigenvalue weighted by atomic mass is 10.5. The van der Waals surface area contributed by atoms with Gasteiger partial charge in [0.1, 0.15) is 0 Å². The number of hydrogen-bond donors (Lipinski definition) is 0. The molecule has 5 heteroatoms. The quantitative estimate of drug-likeness (QED) is 0.392. The van der Waals surface area contributed by atoms with E-state index in [4.69, 9.17) is 4.42 Å². The molecule has 1 rings (SSSR count). The molecule has 54 valence electrons. The minimum atomic E-state index is 0.580. The first-order valence-electron chi connectivity index (χ1n) is 2.78. The van der Waals surface area contributed by atoms with E-state index in [1.54, 1.807) is 0 Å². The number of rotatable bonds is 3. The molecule has 0 fully saturated rings. The van der Waals surface area contributed by atoms with Crippen LogP contribution in [0.3, 0.4) is 0 Å². The summed E-state index contributed by atoms with van der Waals surface area (Å²) in [6, 6.07) is 0. The van der Waals surface area contributed by atoms with Crippen molar-refractivity contribution in [3.8, 4) is 0 Å². The van der Waals surface area contributed by atoms with E-state index in [2.05, 4.69) is 16.1 Å². The highest BCUT2D eigenvalue weighted by atomic mass is 33.1. The zero-order chi connectivity index (χ0) is 7.40. The molecule has 3 nitrogen and oxygen atoms in total. The average molecular weight is 175 g/mol. The Hall–Kier alpha value is -0.420. The lowest BCUT2D eigenvalue weighted by molar-refractivity contribution is 0.418. The van der Waals surface area contributed by atoms with E-state index in [1.807, 2.05) is 6.92 Å². The van der Waals surface area contributed by atoms with Crippen LogP contribution in [-0.2, 0) is 16.8 Å². The molecule has 0 aliphatic heterocycles. The maximum absolute atomic E-state index is 5.15. The lowest BCUT2D eigenvalue weighted by Crippen LogP contribution is -1.76. The molecule has 1 aromatic rings. The first kappa shape index (κ1) is 7.68. The molecule has 0 N–H and O–H groups in total. The third-order valence-corrected chi connectivity index (χ3v) is 2.09. The fourth-order valence-electron chi connectivity index (χ4n) is 0.465. The predicted octanol–water partition coefficient (Wildman–Crippen LogP) is 1.15. The van der Waals surface area contributed by atoms with Gasteiger partial charge in [0.05, 0.1) is 0 Å². The summed E-state index contributed by atoms with van der Waals surface area (Å²) in [6.07, 6.45) is 0.787. The second kappa shape index (κ2) is 3.68. The molecule has 0 radical (unpaired) electrons. The summed E-state index contributed by atoms with van der Waals surface area (Å²) in [5.74, 6) is 4.25. The van der Waals surface area contributed by atoms with Gasteiger partial charge >= 0.3 is 5.22 Å². The first-order valence-corrected chi connectivity index (χ1v) is 5.09. The molecule has 0 saturated carbocycles. The SMILES string of the molecule is C=[S+]Sc1nnc(CC)o1. The van der Waals surface area contributed by atoms with E-state index in [0.29, 0.717) is 11.1 Å². The van der Waals surface area contributed by atoms with E-state index < -0.39 is 0 Å². The fourth-order valence-corrected chi connectivity index (χ4v) is 1.27. The Morgan fingerprint density at radius 1 is 1.70 bits per heavy atom. The van der Waals surface area contributed by atoms with Crippen LogP contribution in [0.2, 0.25) is 0 Å². The molecule has 0 saturated heterocycles. The van der Waals surface area contributed by atoms with Gasteiger partial charge in [0.2, 0.25) is 5.89 Å². The molecule has 1 aromatic heterocycles. The molecule has 0 spiro atoms. The van der Waals surface area contributed by atoms with Gasteiger partial charge in [0.25, 0.3) is 21.2 Å². The Bertz CT molecular complexity index is 223. The standard InChI is InChI=1S/C5H7N2OS2/c1-3-4-6-7-5(8-4)10-9-2/h2-3H2,1H3/q+1. The van der Waals surface area contributed by atoms with Crippen LogP contribution < -0.4 is 0 Å². The molecule has 0 atom stereocenters. The highest BCUT2D eigenvalue weighted by Crippen LogP contribution is 2.13. The monoisotopic (exact) mass is 175 g/mol. The Kier molecular flexibility index (Phi) is 2.82. The fraction of sp³-hybridized carbons (Fsp3) is 0.400. The summed E-state index contributed by atoms with van der Waals surface area (Å²) < 4.78 is 5.15. The Labute approximate surface area is 66.6 Å². The van der Waals surface area contributed by atoms with Crippen LogP contribution in [0.4, 0.5) is 0 Å². The van der Waals surface area contributed by atoms with Crippen LogP contribution in [0, 0.1) is 0 Å². The summed E-state index contributed by atoms with van der Waals surface area (Å²) >= 11 is 0. The first-order chi connectivity index (χ1) is 4.86. The van der Waals surface area contributed by atoms with Gasteiger partial charge in [-0.3, -0.25) is 0 Å². The van der Waals surface area contributed by atoms with Gasteiger partial charge in [0, 0.05) is 6.42 Å². The van der Waals surface area contributed by atoms with Gasteiger partial charge in [-0.05, 0) is 0 Å². The molecule has 0 aliphatic carbocycles. The van der Waals surface area contributed by atoms with Gasteiger partial charge < -0.3 is 4.42 Å². The highest BCUT2D eigenvalue weighted by Gasteiger charge is 2.09. The van der Waals surface area contributed by atoms with E-state index in [1.165, 1.54) is 21.2 Å². The largest absolute Gasteiger partial charge is 0.412 e. The van der Waals surface area contributed by atoms with Crippen LogP contribution in [0.1, 0.15) is 12.8 Å². The molecular weight excluding hydrogens is 168 g/mol. The number of aryl methyl sites for hydroxylation is 1. The zero-order valence-electron chi connectivity index (χ0n) is 5.53. The van der Waals surface area contributed by atoms with Crippen molar-refractivity contribution in [3.05, 3.63) is 5.89 Å². The molecule has 10 heavy (non-hydrogen) atoms. The van der Waals surface area contributed by atoms with Crippen LogP contribution in [-0.4, -0.2) is 16.1 Å². The molecule has 0 unspecified atom stereocenters. The van der Waals surface area contributed by atoms with Gasteiger partial charge in [-0.2, -0.15) is 0 Å². The van der Waals surface area contributed by atoms with Crippen molar-refractivity contribution in [2.75, 3.05) is 0 Å². The van der Waals surface area contributed by atoms with Crippen molar-refractivity contribution < 1.29 is 4.42 Å². The summed E-state index contributed by atoms with van der Waals surface area (Å²) in [6.45, 7) is 1.97. The minimum Gasteiger partial charge on any atom is -0.412 e. The van der Waals surface area contributed by atoms with Gasteiger partial charge in [-0.25, -0.2) is 0 Å². The summed E-state index contributed by atoms with van der Waals surface area (Å²) in [7, 11) is 2.73. The van der Waals surface area contributed by atoms with Crippen molar-refractivity contribution in [3.63, 3.8) is 0 Å². The summed E-state index contributed by atoms with van der Waals surface area (Å²) in [5, 5.41) is 8.12. The maximum atomic E-state index is 5.15. The van der Waals surface area contributed by atoms with Crippen molar-refractivity contribution in [1.82, 2.24) is 10.2 Å². The summed E-state index contributed by atoms with van der Waals surface area (Å²) in [5.41, 5.74) is 0. The third kappa shape index (κ3) is 1.78. The zero-order valence-corrected chi connectivity index (χ0v) is 7.17. The second-order valence-electron chi connectivity index (χ2n) is 1.52. The van der Waals surface area contributed by atoms with Gasteiger partial charge in [-0.15, -0.1) is 5.10 Å². The van der Waals surface area contributed by atoms with Crippen molar-refractivity contribution in [1.29, 1.82) is 0 Å². The normalized spacial score (nSPS) is 9.70. The predicted molar refractivity (Wildman–Crippen MR) is 44.0 cm³/mol.